The van der Waals surface area contributed by atoms with Crippen LogP contribution in [0.5, 0.6) is 0 Å². The molecule has 2 saturated heterocycles. The maximum Gasteiger partial charge on any atom is 0.165 e. The number of likely N-dealkylation sites (tertiary alicyclic amines) is 1. The van der Waals surface area contributed by atoms with Crippen molar-refractivity contribution >= 4 is 23.8 Å². The number of rotatable bonds is 5. The van der Waals surface area contributed by atoms with E-state index in [0.717, 1.165) is 55.1 Å². The van der Waals surface area contributed by atoms with Gasteiger partial charge in [-0.1, -0.05) is 32.4 Å². The third-order valence-corrected chi connectivity index (χ3v) is 7.85. The molecule has 2 heterocycles. The summed E-state index contributed by atoms with van der Waals surface area (Å²) in [6.45, 7) is 8.50. The van der Waals surface area contributed by atoms with Gasteiger partial charge in [0.1, 0.15) is 11.8 Å². The first-order valence-corrected chi connectivity index (χ1v) is 11.9. The Kier molecular flexibility index (Phi) is 5.96. The predicted octanol–water partition coefficient (Wildman–Crippen LogP) is 3.69. The van der Waals surface area contributed by atoms with E-state index in [1.807, 2.05) is 17.8 Å². The molecule has 2 fully saturated rings. The molecule has 2 unspecified atom stereocenters. The normalized spacial score (nSPS) is 29.2. The Labute approximate surface area is 173 Å². The van der Waals surface area contributed by atoms with Gasteiger partial charge in [0, 0.05) is 42.6 Å². The van der Waals surface area contributed by atoms with E-state index in [9.17, 15) is 9.59 Å². The van der Waals surface area contributed by atoms with Crippen molar-refractivity contribution in [1.29, 1.82) is 0 Å². The largest absolute Gasteiger partial charge is 0.302 e. The fraction of sp³-hybridized carbons (Fsp3) is 0.652. The van der Waals surface area contributed by atoms with Crippen molar-refractivity contribution in [2.75, 3.05) is 37.7 Å². The zero-order chi connectivity index (χ0) is 19.7. The first-order valence-electron chi connectivity index (χ1n) is 10.8. The molecule has 0 saturated carbocycles. The summed E-state index contributed by atoms with van der Waals surface area (Å²) in [5.41, 5.74) is 2.11. The Morgan fingerprint density at radius 1 is 1.21 bits per heavy atom. The third-order valence-electron chi connectivity index (χ3n) is 6.76. The summed E-state index contributed by atoms with van der Waals surface area (Å²) < 4.78 is 0. The molecule has 5 heteroatoms. The minimum absolute atomic E-state index is 0.125. The van der Waals surface area contributed by atoms with Gasteiger partial charge in [-0.2, -0.15) is 11.8 Å². The highest BCUT2D eigenvalue weighted by atomic mass is 32.2. The second kappa shape index (κ2) is 8.29. The molecule has 1 aliphatic carbocycles. The molecule has 4 nitrogen and oxygen atoms in total. The number of thioether (sulfide) groups is 1. The Morgan fingerprint density at radius 3 is 2.71 bits per heavy atom. The van der Waals surface area contributed by atoms with Gasteiger partial charge in [0.2, 0.25) is 0 Å². The van der Waals surface area contributed by atoms with Gasteiger partial charge in [-0.05, 0) is 49.0 Å². The van der Waals surface area contributed by atoms with E-state index in [1.165, 1.54) is 24.8 Å². The zero-order valence-electron chi connectivity index (χ0n) is 17.2. The van der Waals surface area contributed by atoms with Gasteiger partial charge in [-0.25, -0.2) is 0 Å². The molecule has 2 atom stereocenters. The van der Waals surface area contributed by atoms with Crippen molar-refractivity contribution < 1.29 is 9.59 Å². The number of nitrogens with zero attached hydrogens (tertiary/aromatic N) is 2. The topological polar surface area (TPSA) is 40.6 Å². The molecule has 0 aromatic heterocycles. The van der Waals surface area contributed by atoms with Gasteiger partial charge in [-0.15, -0.1) is 0 Å². The molecule has 4 rings (SSSR count). The van der Waals surface area contributed by atoms with Crippen LogP contribution in [-0.4, -0.2) is 65.6 Å². The van der Waals surface area contributed by atoms with Crippen LogP contribution in [0.15, 0.2) is 18.2 Å². The number of hydrogen-bond acceptors (Lipinski definition) is 5. The highest BCUT2D eigenvalue weighted by Gasteiger charge is 2.50. The number of ketones is 1. The van der Waals surface area contributed by atoms with Crippen LogP contribution >= 0.6 is 11.8 Å². The molecule has 1 aromatic rings. The molecular weight excluding hydrogens is 368 g/mol. The number of hydrogen-bond donors (Lipinski definition) is 0. The number of aldehydes is 1. The lowest BCUT2D eigenvalue weighted by Crippen LogP contribution is -2.58. The van der Waals surface area contributed by atoms with Crippen LogP contribution in [0, 0.1) is 0 Å². The average Bonchev–Trinajstić information content (AvgIpc) is 3.01. The van der Waals surface area contributed by atoms with E-state index in [0.29, 0.717) is 18.4 Å². The summed E-state index contributed by atoms with van der Waals surface area (Å²) in [5.74, 6) is 2.57. The van der Waals surface area contributed by atoms with Crippen molar-refractivity contribution in [3.8, 4) is 0 Å². The highest BCUT2D eigenvalue weighted by molar-refractivity contribution is 7.99. The Bertz CT molecular complexity index is 744. The quantitative estimate of drug-likeness (QED) is 0.705. The number of carbonyl (C=O) groups is 2. The van der Waals surface area contributed by atoms with Crippen molar-refractivity contribution in [3.63, 3.8) is 0 Å². The first kappa shape index (κ1) is 20.1. The number of fused-ring (bicyclic) bond motifs is 1. The van der Waals surface area contributed by atoms with Crippen LogP contribution in [0.3, 0.4) is 0 Å². The fourth-order valence-corrected chi connectivity index (χ4v) is 6.21. The van der Waals surface area contributed by atoms with Crippen LogP contribution in [0.1, 0.15) is 66.9 Å². The SMILES string of the molecule is CC(C)c1ccc2c(c1)C(=O)CC2(C=O)N1CCSCC1CN1CCCCC1. The summed E-state index contributed by atoms with van der Waals surface area (Å²) in [4.78, 5) is 30.5. The Hall–Kier alpha value is -1.17. The van der Waals surface area contributed by atoms with E-state index in [-0.39, 0.29) is 5.78 Å². The summed E-state index contributed by atoms with van der Waals surface area (Å²) in [6, 6.07) is 6.53. The van der Waals surface area contributed by atoms with Crippen LogP contribution < -0.4 is 0 Å². The van der Waals surface area contributed by atoms with Gasteiger partial charge < -0.3 is 9.69 Å². The van der Waals surface area contributed by atoms with Crippen LogP contribution in [0.2, 0.25) is 0 Å². The summed E-state index contributed by atoms with van der Waals surface area (Å²) in [6.07, 6.45) is 5.26. The Morgan fingerprint density at radius 2 is 2.00 bits per heavy atom. The van der Waals surface area contributed by atoms with Crippen molar-refractivity contribution in [1.82, 2.24) is 9.80 Å². The lowest BCUT2D eigenvalue weighted by atomic mass is 9.88. The van der Waals surface area contributed by atoms with E-state index in [4.69, 9.17) is 0 Å². The van der Waals surface area contributed by atoms with Crippen molar-refractivity contribution in [2.45, 2.75) is 57.0 Å². The monoisotopic (exact) mass is 400 g/mol. The van der Waals surface area contributed by atoms with Crippen molar-refractivity contribution in [2.24, 2.45) is 0 Å². The van der Waals surface area contributed by atoms with Gasteiger partial charge in [-0.3, -0.25) is 9.69 Å². The molecular formula is C23H32N2O2S. The molecule has 0 N–H and O–H groups in total. The van der Waals surface area contributed by atoms with Gasteiger partial charge in [0.05, 0.1) is 0 Å². The minimum atomic E-state index is -0.774. The van der Waals surface area contributed by atoms with E-state index < -0.39 is 5.54 Å². The zero-order valence-corrected chi connectivity index (χ0v) is 18.0. The lowest BCUT2D eigenvalue weighted by Gasteiger charge is -2.47. The molecule has 1 aromatic carbocycles. The second-order valence-electron chi connectivity index (χ2n) is 8.89. The second-order valence-corrected chi connectivity index (χ2v) is 10.0. The maximum absolute atomic E-state index is 13.0. The minimum Gasteiger partial charge on any atom is -0.302 e. The molecule has 0 bridgehead atoms. The molecule has 2 aliphatic heterocycles. The van der Waals surface area contributed by atoms with Gasteiger partial charge in [0.15, 0.2) is 5.78 Å². The van der Waals surface area contributed by atoms with E-state index >= 15 is 0 Å². The maximum atomic E-state index is 13.0. The predicted molar refractivity (Wildman–Crippen MR) is 115 cm³/mol. The Balaban J connectivity index is 1.66. The smallest absolute Gasteiger partial charge is 0.165 e. The van der Waals surface area contributed by atoms with Crippen LogP contribution in [0.4, 0.5) is 0 Å². The molecule has 0 amide bonds. The number of benzene rings is 1. The molecule has 0 radical (unpaired) electrons. The van der Waals surface area contributed by atoms with Gasteiger partial charge >= 0.3 is 0 Å². The van der Waals surface area contributed by atoms with Gasteiger partial charge in [0.25, 0.3) is 0 Å². The molecule has 28 heavy (non-hydrogen) atoms. The highest BCUT2D eigenvalue weighted by Crippen LogP contribution is 2.43. The number of carbonyl (C=O) groups excluding carboxylic acids is 2. The first-order chi connectivity index (χ1) is 13.5. The van der Waals surface area contributed by atoms with E-state index in [1.54, 1.807) is 0 Å². The fourth-order valence-electron chi connectivity index (χ4n) is 5.16. The standard InChI is InChI=1S/C23H32N2O2S/c1-17(2)18-6-7-21-20(12-18)22(27)13-23(21,16-26)25-10-11-28-15-19(25)14-24-8-4-3-5-9-24/h6-7,12,16-17,19H,3-5,8-11,13-15H2,1-2H3. The third kappa shape index (κ3) is 3.57. The summed E-state index contributed by atoms with van der Waals surface area (Å²) in [5, 5.41) is 0. The van der Waals surface area contributed by atoms with Crippen LogP contribution in [-0.2, 0) is 10.3 Å². The molecule has 0 spiro atoms. The molecule has 3 aliphatic rings. The van der Waals surface area contributed by atoms with E-state index in [2.05, 4.69) is 35.8 Å². The van der Waals surface area contributed by atoms with Crippen LogP contribution in [0.25, 0.3) is 0 Å². The lowest BCUT2D eigenvalue weighted by molar-refractivity contribution is -0.120. The average molecular weight is 401 g/mol. The van der Waals surface area contributed by atoms with Crippen molar-refractivity contribution in [3.05, 3.63) is 34.9 Å². The number of Topliss-reactive ketones (excluding diaryl/α,β-unsaturated/α-hetero) is 1. The molecule has 152 valence electrons. The number of piperidine rings is 1. The summed E-state index contributed by atoms with van der Waals surface area (Å²) >= 11 is 1.98. The summed E-state index contributed by atoms with van der Waals surface area (Å²) in [7, 11) is 0.